The molecule has 2 aliphatic heterocycles. The summed E-state index contributed by atoms with van der Waals surface area (Å²) in [5.74, 6) is 0.429. The van der Waals surface area contributed by atoms with E-state index >= 15 is 0 Å². The number of hydrogen-bond acceptors (Lipinski definition) is 4. The monoisotopic (exact) mass is 395 g/mol. The van der Waals surface area contributed by atoms with Crippen LogP contribution in [0.3, 0.4) is 0 Å². The van der Waals surface area contributed by atoms with Gasteiger partial charge in [0.1, 0.15) is 0 Å². The minimum absolute atomic E-state index is 0.0309. The lowest BCUT2D eigenvalue weighted by Gasteiger charge is -2.48. The van der Waals surface area contributed by atoms with Gasteiger partial charge < -0.3 is 9.80 Å². The molecule has 0 bridgehead atoms. The van der Waals surface area contributed by atoms with Crippen LogP contribution in [-0.2, 0) is 29.6 Å². The summed E-state index contributed by atoms with van der Waals surface area (Å²) in [5.41, 5.74) is 2.23. The number of likely N-dealkylation sites (tertiary alicyclic amines) is 2. The zero-order chi connectivity index (χ0) is 20.3. The zero-order valence-electron chi connectivity index (χ0n) is 17.1. The number of pyridine rings is 1. The normalized spacial score (nSPS) is 22.3. The number of aryl methyl sites for hydroxylation is 2. The highest BCUT2D eigenvalue weighted by Gasteiger charge is 2.42. The average molecular weight is 396 g/mol. The molecule has 0 saturated carbocycles. The number of carbonyl (C=O) groups is 2. The van der Waals surface area contributed by atoms with Crippen LogP contribution < -0.4 is 0 Å². The topological polar surface area (TPSA) is 71.3 Å². The van der Waals surface area contributed by atoms with E-state index in [2.05, 4.69) is 10.1 Å². The summed E-state index contributed by atoms with van der Waals surface area (Å²) in [6.07, 6.45) is 12.1. The van der Waals surface area contributed by atoms with Gasteiger partial charge in [0.25, 0.3) is 0 Å². The Balaban J connectivity index is 1.38. The van der Waals surface area contributed by atoms with E-state index in [1.54, 1.807) is 17.1 Å². The fourth-order valence-electron chi connectivity index (χ4n) is 4.72. The van der Waals surface area contributed by atoms with Crippen molar-refractivity contribution in [1.82, 2.24) is 24.6 Å². The van der Waals surface area contributed by atoms with Crippen LogP contribution in [0.1, 0.15) is 43.2 Å². The van der Waals surface area contributed by atoms with E-state index in [9.17, 15) is 9.59 Å². The average Bonchev–Trinajstić information content (AvgIpc) is 3.15. The molecule has 1 atom stereocenters. The summed E-state index contributed by atoms with van der Waals surface area (Å²) in [7, 11) is 1.89. The second-order valence-corrected chi connectivity index (χ2v) is 8.55. The summed E-state index contributed by atoms with van der Waals surface area (Å²) in [6.45, 7) is 2.95. The van der Waals surface area contributed by atoms with E-state index < -0.39 is 0 Å². The Morgan fingerprint density at radius 1 is 1.17 bits per heavy atom. The number of amides is 2. The summed E-state index contributed by atoms with van der Waals surface area (Å²) in [4.78, 5) is 33.4. The first-order valence-electron chi connectivity index (χ1n) is 10.5. The van der Waals surface area contributed by atoms with E-state index in [-0.39, 0.29) is 17.2 Å². The van der Waals surface area contributed by atoms with Crippen LogP contribution >= 0.6 is 0 Å². The first-order valence-corrected chi connectivity index (χ1v) is 10.5. The summed E-state index contributed by atoms with van der Waals surface area (Å²) in [5, 5.41) is 4.18. The first kappa shape index (κ1) is 19.6. The smallest absolute Gasteiger partial charge is 0.222 e. The number of rotatable bonds is 5. The van der Waals surface area contributed by atoms with E-state index in [1.165, 1.54) is 0 Å². The minimum Gasteiger partial charge on any atom is -0.342 e. The van der Waals surface area contributed by atoms with Crippen LogP contribution in [0.5, 0.6) is 0 Å². The third-order valence-electron chi connectivity index (χ3n) is 6.27. The predicted molar refractivity (Wildman–Crippen MR) is 109 cm³/mol. The van der Waals surface area contributed by atoms with Gasteiger partial charge in [0, 0.05) is 70.1 Å². The molecule has 2 amide bonds. The van der Waals surface area contributed by atoms with Crippen LogP contribution in [0.15, 0.2) is 36.9 Å². The molecule has 0 unspecified atom stereocenters. The van der Waals surface area contributed by atoms with Crippen molar-refractivity contribution in [2.75, 3.05) is 19.6 Å². The number of piperidine rings is 2. The van der Waals surface area contributed by atoms with E-state index in [1.807, 2.05) is 41.4 Å². The van der Waals surface area contributed by atoms with E-state index in [0.29, 0.717) is 19.4 Å². The third-order valence-corrected chi connectivity index (χ3v) is 6.27. The number of carbonyl (C=O) groups excluding carboxylic acids is 2. The highest BCUT2D eigenvalue weighted by atomic mass is 16.2. The Morgan fingerprint density at radius 2 is 2.00 bits per heavy atom. The van der Waals surface area contributed by atoms with Crippen molar-refractivity contribution >= 4 is 11.8 Å². The predicted octanol–water partition coefficient (Wildman–Crippen LogP) is 2.18. The van der Waals surface area contributed by atoms with E-state index in [4.69, 9.17) is 0 Å². The van der Waals surface area contributed by atoms with Crippen molar-refractivity contribution in [2.45, 2.75) is 45.1 Å². The van der Waals surface area contributed by atoms with Crippen LogP contribution in [-0.4, -0.2) is 56.0 Å². The maximum Gasteiger partial charge on any atom is 0.222 e. The Hall–Kier alpha value is -2.70. The summed E-state index contributed by atoms with van der Waals surface area (Å²) >= 11 is 0. The van der Waals surface area contributed by atoms with Crippen molar-refractivity contribution in [3.8, 4) is 0 Å². The molecule has 2 aliphatic rings. The van der Waals surface area contributed by atoms with Gasteiger partial charge in [-0.05, 0) is 48.9 Å². The van der Waals surface area contributed by atoms with Crippen molar-refractivity contribution in [2.24, 2.45) is 12.5 Å². The van der Waals surface area contributed by atoms with Crippen molar-refractivity contribution in [1.29, 1.82) is 0 Å². The summed E-state index contributed by atoms with van der Waals surface area (Å²) < 4.78 is 1.77. The van der Waals surface area contributed by atoms with Gasteiger partial charge in [0.15, 0.2) is 0 Å². The second kappa shape index (κ2) is 8.35. The second-order valence-electron chi connectivity index (χ2n) is 8.55. The highest BCUT2D eigenvalue weighted by molar-refractivity contribution is 5.78. The molecule has 2 aromatic heterocycles. The van der Waals surface area contributed by atoms with Crippen molar-refractivity contribution in [3.05, 3.63) is 48.0 Å². The maximum absolute atomic E-state index is 12.9. The van der Waals surface area contributed by atoms with Crippen LogP contribution in [0.4, 0.5) is 0 Å². The standard InChI is InChI=1S/C22H29N5O2/c1-25-14-19(13-24-25)3-4-20(28)26-12-2-8-22(16-26)9-5-21(29)27(17-22)15-18-6-10-23-11-7-18/h6-7,10-11,13-14H,2-5,8-9,12,15-17H2,1H3/t22-/m0/s1. The number of hydrogen-bond donors (Lipinski definition) is 0. The van der Waals surface area contributed by atoms with Gasteiger partial charge in [-0.2, -0.15) is 5.10 Å². The molecule has 0 radical (unpaired) electrons. The highest BCUT2D eigenvalue weighted by Crippen LogP contribution is 2.39. The zero-order valence-corrected chi connectivity index (χ0v) is 17.1. The maximum atomic E-state index is 12.9. The molecule has 7 heteroatoms. The quantitative estimate of drug-likeness (QED) is 0.778. The molecular formula is C22H29N5O2. The Morgan fingerprint density at radius 3 is 2.76 bits per heavy atom. The molecule has 1 spiro atoms. The Kier molecular flexibility index (Phi) is 5.65. The molecule has 2 fully saturated rings. The molecule has 2 aromatic rings. The first-order chi connectivity index (χ1) is 14.0. The van der Waals surface area contributed by atoms with Crippen molar-refractivity contribution < 1.29 is 9.59 Å². The molecule has 154 valence electrons. The lowest BCUT2D eigenvalue weighted by molar-refractivity contribution is -0.143. The lowest BCUT2D eigenvalue weighted by atomic mass is 9.73. The van der Waals surface area contributed by atoms with Crippen molar-refractivity contribution in [3.63, 3.8) is 0 Å². The fraction of sp³-hybridized carbons (Fsp3) is 0.545. The molecule has 4 heterocycles. The summed E-state index contributed by atoms with van der Waals surface area (Å²) in [6, 6.07) is 3.92. The molecule has 2 saturated heterocycles. The molecule has 0 aromatic carbocycles. The fourth-order valence-corrected chi connectivity index (χ4v) is 4.72. The molecular weight excluding hydrogens is 366 g/mol. The van der Waals surface area contributed by atoms with Gasteiger partial charge in [-0.1, -0.05) is 0 Å². The van der Waals surface area contributed by atoms with Gasteiger partial charge >= 0.3 is 0 Å². The lowest BCUT2D eigenvalue weighted by Crippen LogP contribution is -2.54. The van der Waals surface area contributed by atoms with Gasteiger partial charge in [0.05, 0.1) is 6.20 Å². The molecule has 0 N–H and O–H groups in total. The molecule has 7 nitrogen and oxygen atoms in total. The van der Waals surface area contributed by atoms with E-state index in [0.717, 1.165) is 56.4 Å². The molecule has 0 aliphatic carbocycles. The van der Waals surface area contributed by atoms with Crippen LogP contribution in [0.25, 0.3) is 0 Å². The van der Waals surface area contributed by atoms with Crippen LogP contribution in [0.2, 0.25) is 0 Å². The molecule has 4 rings (SSSR count). The molecule has 29 heavy (non-hydrogen) atoms. The number of aromatic nitrogens is 3. The largest absolute Gasteiger partial charge is 0.342 e. The minimum atomic E-state index is 0.0309. The third kappa shape index (κ3) is 4.66. The van der Waals surface area contributed by atoms with Gasteiger partial charge in [-0.15, -0.1) is 0 Å². The Labute approximate surface area is 171 Å². The van der Waals surface area contributed by atoms with Gasteiger partial charge in [-0.3, -0.25) is 19.3 Å². The Bertz CT molecular complexity index is 865. The van der Waals surface area contributed by atoms with Crippen LogP contribution in [0, 0.1) is 5.41 Å². The van der Waals surface area contributed by atoms with Gasteiger partial charge in [0.2, 0.25) is 11.8 Å². The number of nitrogens with zero attached hydrogens (tertiary/aromatic N) is 5. The SMILES string of the molecule is Cn1cc(CCC(=O)N2CCC[C@]3(CCC(=O)N(Cc4ccncc4)C3)C2)cn1. The van der Waals surface area contributed by atoms with Gasteiger partial charge in [-0.25, -0.2) is 0 Å².